The summed E-state index contributed by atoms with van der Waals surface area (Å²) in [6, 6.07) is 0. The molecule has 0 aliphatic heterocycles. The fourth-order valence-corrected chi connectivity index (χ4v) is 2.51. The van der Waals surface area contributed by atoms with E-state index in [-0.39, 0.29) is 0 Å². The molecular formula is C13H24N2. The van der Waals surface area contributed by atoms with Crippen LogP contribution < -0.4 is 5.73 Å². The van der Waals surface area contributed by atoms with Gasteiger partial charge in [0.15, 0.2) is 0 Å². The first-order valence-electron chi connectivity index (χ1n) is 6.02. The summed E-state index contributed by atoms with van der Waals surface area (Å²) in [5, 5.41) is 7.84. The zero-order valence-electron chi connectivity index (χ0n) is 10.3. The zero-order chi connectivity index (χ0) is 11.4. The minimum atomic E-state index is 0.322. The highest BCUT2D eigenvalue weighted by molar-refractivity contribution is 5.84. The first-order chi connectivity index (χ1) is 7.02. The Balaban J connectivity index is 2.84. The van der Waals surface area contributed by atoms with Crippen molar-refractivity contribution in [2.75, 3.05) is 0 Å². The van der Waals surface area contributed by atoms with Crippen molar-refractivity contribution < 1.29 is 0 Å². The molecule has 2 atom stereocenters. The van der Waals surface area contributed by atoms with Crippen molar-refractivity contribution in [2.24, 2.45) is 17.6 Å². The molecule has 2 heteroatoms. The van der Waals surface area contributed by atoms with Gasteiger partial charge in [0.05, 0.1) is 0 Å². The van der Waals surface area contributed by atoms with Gasteiger partial charge >= 0.3 is 0 Å². The summed E-state index contributed by atoms with van der Waals surface area (Å²) < 4.78 is 0. The van der Waals surface area contributed by atoms with E-state index in [1.54, 1.807) is 0 Å². The molecule has 1 saturated carbocycles. The minimum absolute atomic E-state index is 0.322. The molecule has 1 aliphatic carbocycles. The number of hydrogen-bond acceptors (Lipinski definition) is 2. The van der Waals surface area contributed by atoms with Crippen molar-refractivity contribution in [1.29, 1.82) is 5.41 Å². The van der Waals surface area contributed by atoms with Gasteiger partial charge in [0, 0.05) is 17.3 Å². The van der Waals surface area contributed by atoms with E-state index in [1.807, 2.05) is 13.8 Å². The highest BCUT2D eigenvalue weighted by atomic mass is 14.6. The molecule has 0 amide bonds. The van der Waals surface area contributed by atoms with Gasteiger partial charge in [0.2, 0.25) is 0 Å². The van der Waals surface area contributed by atoms with Crippen LogP contribution in [0, 0.1) is 17.2 Å². The van der Waals surface area contributed by atoms with Crippen LogP contribution in [0.3, 0.4) is 0 Å². The third-order valence-corrected chi connectivity index (χ3v) is 3.55. The van der Waals surface area contributed by atoms with Crippen LogP contribution in [-0.2, 0) is 0 Å². The van der Waals surface area contributed by atoms with Crippen LogP contribution in [0.5, 0.6) is 0 Å². The maximum atomic E-state index is 7.84. The maximum absolute atomic E-state index is 7.84. The van der Waals surface area contributed by atoms with Gasteiger partial charge in [-0.2, -0.15) is 0 Å². The summed E-state index contributed by atoms with van der Waals surface area (Å²) in [6.45, 7) is 6.22. The van der Waals surface area contributed by atoms with E-state index in [9.17, 15) is 0 Å². The Hall–Kier alpha value is -0.790. The van der Waals surface area contributed by atoms with Crippen molar-refractivity contribution in [3.05, 3.63) is 11.3 Å². The summed E-state index contributed by atoms with van der Waals surface area (Å²) in [7, 11) is 0. The van der Waals surface area contributed by atoms with E-state index in [2.05, 4.69) is 6.92 Å². The van der Waals surface area contributed by atoms with Crippen LogP contribution in [0.2, 0.25) is 0 Å². The Bertz CT molecular complexity index is 262. The average Bonchev–Trinajstić information content (AvgIpc) is 2.10. The molecule has 3 N–H and O–H groups in total. The van der Waals surface area contributed by atoms with Gasteiger partial charge in [0.1, 0.15) is 0 Å². The lowest BCUT2D eigenvalue weighted by Crippen LogP contribution is -2.19. The maximum Gasteiger partial charge on any atom is 0.0192 e. The van der Waals surface area contributed by atoms with E-state index >= 15 is 0 Å². The van der Waals surface area contributed by atoms with Crippen LogP contribution in [-0.4, -0.2) is 5.71 Å². The summed E-state index contributed by atoms with van der Waals surface area (Å²) >= 11 is 0. The predicted octanol–water partition coefficient (Wildman–Crippen LogP) is 3.48. The second kappa shape index (κ2) is 5.34. The van der Waals surface area contributed by atoms with Crippen molar-refractivity contribution in [2.45, 2.75) is 52.9 Å². The monoisotopic (exact) mass is 208 g/mol. The highest BCUT2D eigenvalue weighted by Gasteiger charge is 2.21. The normalized spacial score (nSPS) is 31.7. The van der Waals surface area contributed by atoms with Crippen molar-refractivity contribution >= 4 is 5.71 Å². The second-order valence-corrected chi connectivity index (χ2v) is 5.02. The van der Waals surface area contributed by atoms with Crippen LogP contribution in [0.25, 0.3) is 0 Å². The van der Waals surface area contributed by atoms with Crippen molar-refractivity contribution in [3.63, 3.8) is 0 Å². The molecule has 1 aliphatic rings. The number of nitrogens with one attached hydrogen (secondary N) is 1. The third kappa shape index (κ3) is 3.37. The Labute approximate surface area is 93.4 Å². The summed E-state index contributed by atoms with van der Waals surface area (Å²) in [4.78, 5) is 0. The Kier molecular flexibility index (Phi) is 4.37. The molecular weight excluding hydrogens is 184 g/mol. The van der Waals surface area contributed by atoms with Gasteiger partial charge in [-0.05, 0) is 44.6 Å². The standard InChI is InChI=1S/C13H24N2/c1-9-5-4-6-12(10(2)14)13(8-7-9)11(3)15/h9,12,14H,4-8,15H2,1-3H3/b13-11-,14-10?. The summed E-state index contributed by atoms with van der Waals surface area (Å²) in [5.74, 6) is 1.13. The van der Waals surface area contributed by atoms with Crippen LogP contribution in [0.4, 0.5) is 0 Å². The van der Waals surface area contributed by atoms with E-state index < -0.39 is 0 Å². The third-order valence-electron chi connectivity index (χ3n) is 3.55. The molecule has 0 saturated heterocycles. The van der Waals surface area contributed by atoms with Crippen LogP contribution in [0.1, 0.15) is 52.9 Å². The lowest BCUT2D eigenvalue weighted by atomic mass is 9.80. The number of nitrogens with two attached hydrogens (primary N) is 1. The first kappa shape index (κ1) is 12.3. The van der Waals surface area contributed by atoms with Gasteiger partial charge in [-0.1, -0.05) is 19.8 Å². The molecule has 0 radical (unpaired) electrons. The van der Waals surface area contributed by atoms with Gasteiger partial charge in [-0.25, -0.2) is 0 Å². The molecule has 0 aromatic rings. The first-order valence-corrected chi connectivity index (χ1v) is 6.02. The van der Waals surface area contributed by atoms with Gasteiger partial charge in [-0.15, -0.1) is 0 Å². The molecule has 2 nitrogen and oxygen atoms in total. The van der Waals surface area contributed by atoms with E-state index in [0.29, 0.717) is 5.92 Å². The highest BCUT2D eigenvalue weighted by Crippen LogP contribution is 2.31. The number of rotatable bonds is 1. The fourth-order valence-electron chi connectivity index (χ4n) is 2.51. The molecule has 0 bridgehead atoms. The van der Waals surface area contributed by atoms with Crippen molar-refractivity contribution in [3.8, 4) is 0 Å². The van der Waals surface area contributed by atoms with Gasteiger partial charge in [0.25, 0.3) is 0 Å². The molecule has 0 heterocycles. The molecule has 86 valence electrons. The minimum Gasteiger partial charge on any atom is -0.402 e. The number of hydrogen-bond donors (Lipinski definition) is 2. The largest absolute Gasteiger partial charge is 0.402 e. The quantitative estimate of drug-likeness (QED) is 0.637. The number of allylic oxidation sites excluding steroid dienone is 2. The lowest BCUT2D eigenvalue weighted by Gasteiger charge is -2.26. The molecule has 15 heavy (non-hydrogen) atoms. The van der Waals surface area contributed by atoms with Crippen LogP contribution in [0.15, 0.2) is 11.3 Å². The predicted molar refractivity (Wildman–Crippen MR) is 66.0 cm³/mol. The summed E-state index contributed by atoms with van der Waals surface area (Å²) in [5.41, 5.74) is 9.00. The van der Waals surface area contributed by atoms with E-state index in [4.69, 9.17) is 11.1 Å². The van der Waals surface area contributed by atoms with Crippen LogP contribution >= 0.6 is 0 Å². The Morgan fingerprint density at radius 1 is 1.27 bits per heavy atom. The van der Waals surface area contributed by atoms with Gasteiger partial charge in [-0.3, -0.25) is 0 Å². The molecule has 1 fully saturated rings. The lowest BCUT2D eigenvalue weighted by molar-refractivity contribution is 0.420. The molecule has 0 aromatic heterocycles. The average molecular weight is 208 g/mol. The van der Waals surface area contributed by atoms with Gasteiger partial charge < -0.3 is 11.1 Å². The van der Waals surface area contributed by atoms with E-state index in [0.717, 1.165) is 30.2 Å². The Morgan fingerprint density at radius 3 is 2.47 bits per heavy atom. The SMILES string of the molecule is CC(=N)C1CCCC(C)CC/C1=C(\C)N. The molecule has 0 spiro atoms. The summed E-state index contributed by atoms with van der Waals surface area (Å²) in [6.07, 6.45) is 5.97. The molecule has 2 unspecified atom stereocenters. The zero-order valence-corrected chi connectivity index (χ0v) is 10.3. The second-order valence-electron chi connectivity index (χ2n) is 5.02. The van der Waals surface area contributed by atoms with E-state index in [1.165, 1.54) is 24.8 Å². The fraction of sp³-hybridized carbons (Fsp3) is 0.769. The molecule has 0 aromatic carbocycles. The molecule has 1 rings (SSSR count). The smallest absolute Gasteiger partial charge is 0.0192 e. The topological polar surface area (TPSA) is 49.9 Å². The van der Waals surface area contributed by atoms with Crippen molar-refractivity contribution in [1.82, 2.24) is 0 Å². The Morgan fingerprint density at radius 2 is 1.93 bits per heavy atom.